The first kappa shape index (κ1) is 14.3. The van der Waals surface area contributed by atoms with Crippen molar-refractivity contribution in [3.63, 3.8) is 0 Å². The number of hydrogen-bond donors (Lipinski definition) is 1. The normalized spacial score (nSPS) is 12.7. The van der Waals surface area contributed by atoms with Crippen molar-refractivity contribution in [2.24, 2.45) is 0 Å². The van der Waals surface area contributed by atoms with Gasteiger partial charge < -0.3 is 5.11 Å². The molecule has 0 radical (unpaired) electrons. The summed E-state index contributed by atoms with van der Waals surface area (Å²) in [7, 11) is 0. The first-order valence-electron chi connectivity index (χ1n) is 5.83. The molecule has 0 aliphatic rings. The number of benzene rings is 1. The van der Waals surface area contributed by atoms with Gasteiger partial charge in [-0.2, -0.15) is 0 Å². The molecule has 1 unspecified atom stereocenters. The van der Waals surface area contributed by atoms with Gasteiger partial charge in [-0.3, -0.25) is 0 Å². The molecule has 96 valence electrons. The van der Waals surface area contributed by atoms with Crippen LogP contribution in [-0.2, 0) is 6.42 Å². The van der Waals surface area contributed by atoms with Crippen molar-refractivity contribution < 1.29 is 5.11 Å². The minimum atomic E-state index is -0.547. The van der Waals surface area contributed by atoms with Crippen molar-refractivity contribution in [3.05, 3.63) is 54.6 Å². The Morgan fingerprint density at radius 1 is 1.28 bits per heavy atom. The van der Waals surface area contributed by atoms with Gasteiger partial charge in [0, 0.05) is 9.35 Å². The fraction of sp³-hybridized carbons (Fsp3) is 0.286. The van der Waals surface area contributed by atoms with Crippen LogP contribution in [-0.4, -0.2) is 5.11 Å². The van der Waals surface area contributed by atoms with Crippen molar-refractivity contribution in [3.8, 4) is 0 Å². The molecular weight excluding hydrogens is 376 g/mol. The van der Waals surface area contributed by atoms with Crippen LogP contribution in [0.5, 0.6) is 0 Å². The summed E-state index contributed by atoms with van der Waals surface area (Å²) in [4.78, 5) is 0.947. The van der Waals surface area contributed by atoms with Gasteiger partial charge in [-0.05, 0) is 55.5 Å². The number of hydrogen-bond acceptors (Lipinski definition) is 2. The fourth-order valence-electron chi connectivity index (χ4n) is 1.87. The van der Waals surface area contributed by atoms with Gasteiger partial charge in [0.25, 0.3) is 0 Å². The molecule has 1 aromatic carbocycles. The Morgan fingerprint density at radius 2 is 2.06 bits per heavy atom. The minimum Gasteiger partial charge on any atom is -0.383 e. The van der Waals surface area contributed by atoms with Crippen LogP contribution in [0.15, 0.2) is 38.6 Å². The molecule has 2 aromatic rings. The molecule has 0 aliphatic carbocycles. The molecule has 1 aromatic heterocycles. The number of thiophene rings is 1. The molecule has 0 aliphatic heterocycles. The van der Waals surface area contributed by atoms with Gasteiger partial charge in [0.1, 0.15) is 6.10 Å². The van der Waals surface area contributed by atoms with E-state index in [2.05, 4.69) is 50.9 Å². The molecule has 2 rings (SSSR count). The predicted molar refractivity (Wildman–Crippen MR) is 84.2 cm³/mol. The van der Waals surface area contributed by atoms with E-state index in [1.807, 2.05) is 18.2 Å². The molecule has 1 N–H and O–H groups in total. The lowest BCUT2D eigenvalue weighted by atomic mass is 10.0. The van der Waals surface area contributed by atoms with Gasteiger partial charge in [-0.15, -0.1) is 11.3 Å². The molecule has 1 nitrogen and oxygen atoms in total. The van der Waals surface area contributed by atoms with Crippen molar-refractivity contribution in [2.75, 3.05) is 0 Å². The molecule has 0 amide bonds. The van der Waals surface area contributed by atoms with E-state index >= 15 is 0 Å². The van der Waals surface area contributed by atoms with E-state index in [1.165, 1.54) is 5.56 Å². The summed E-state index contributed by atoms with van der Waals surface area (Å²) in [5.41, 5.74) is 2.24. The van der Waals surface area contributed by atoms with Gasteiger partial charge in [-0.1, -0.05) is 37.6 Å². The van der Waals surface area contributed by atoms with E-state index in [9.17, 15) is 5.11 Å². The van der Waals surface area contributed by atoms with Crippen LogP contribution in [0.25, 0.3) is 0 Å². The third-order valence-corrected chi connectivity index (χ3v) is 6.05. The first-order chi connectivity index (χ1) is 8.61. The molecule has 1 atom stereocenters. The summed E-state index contributed by atoms with van der Waals surface area (Å²) in [5.74, 6) is 0. The van der Waals surface area contributed by atoms with Gasteiger partial charge in [0.05, 0.1) is 3.79 Å². The third kappa shape index (κ3) is 3.23. The second-order valence-electron chi connectivity index (χ2n) is 4.17. The highest BCUT2D eigenvalue weighted by molar-refractivity contribution is 9.13. The Morgan fingerprint density at radius 3 is 2.67 bits per heavy atom. The SMILES string of the molecule is CCCc1cccc(C(O)c2cc(Br)c(Br)s2)c1. The van der Waals surface area contributed by atoms with Crippen LogP contribution in [0.3, 0.4) is 0 Å². The Kier molecular flexibility index (Phi) is 5.01. The average Bonchev–Trinajstić information content (AvgIpc) is 2.69. The molecule has 0 fully saturated rings. The zero-order valence-corrected chi connectivity index (χ0v) is 14.0. The molecule has 1 heterocycles. The van der Waals surface area contributed by atoms with Crippen LogP contribution >= 0.6 is 43.2 Å². The maximum atomic E-state index is 10.4. The Hall–Kier alpha value is -0.160. The largest absolute Gasteiger partial charge is 0.383 e. The topological polar surface area (TPSA) is 20.2 Å². The molecule has 18 heavy (non-hydrogen) atoms. The summed E-state index contributed by atoms with van der Waals surface area (Å²) in [5, 5.41) is 10.4. The third-order valence-electron chi connectivity index (χ3n) is 2.74. The highest BCUT2D eigenvalue weighted by atomic mass is 79.9. The summed E-state index contributed by atoms with van der Waals surface area (Å²) >= 11 is 8.46. The average molecular weight is 390 g/mol. The van der Waals surface area contributed by atoms with Gasteiger partial charge >= 0.3 is 0 Å². The Balaban J connectivity index is 2.27. The summed E-state index contributed by atoms with van der Waals surface area (Å²) in [6.45, 7) is 2.16. The number of aliphatic hydroxyl groups is 1. The van der Waals surface area contributed by atoms with E-state index in [4.69, 9.17) is 0 Å². The highest BCUT2D eigenvalue weighted by Gasteiger charge is 2.15. The zero-order chi connectivity index (χ0) is 13.1. The summed E-state index contributed by atoms with van der Waals surface area (Å²) < 4.78 is 2.01. The molecule has 0 bridgehead atoms. The maximum absolute atomic E-state index is 10.4. The number of rotatable bonds is 4. The van der Waals surface area contributed by atoms with Crippen molar-refractivity contribution >= 4 is 43.2 Å². The number of aryl methyl sites for hydroxylation is 1. The fourth-order valence-corrected chi connectivity index (χ4v) is 3.97. The van der Waals surface area contributed by atoms with E-state index in [-0.39, 0.29) is 0 Å². The van der Waals surface area contributed by atoms with E-state index in [0.29, 0.717) is 0 Å². The van der Waals surface area contributed by atoms with Crippen molar-refractivity contribution in [2.45, 2.75) is 25.9 Å². The predicted octanol–water partition coefficient (Wildman–Crippen LogP) is 5.31. The van der Waals surface area contributed by atoms with E-state index in [0.717, 1.165) is 31.5 Å². The Labute approximate surface area is 128 Å². The van der Waals surface area contributed by atoms with Gasteiger partial charge in [0.15, 0.2) is 0 Å². The van der Waals surface area contributed by atoms with Crippen LogP contribution in [0, 0.1) is 0 Å². The molecule has 0 spiro atoms. The number of aliphatic hydroxyl groups excluding tert-OH is 1. The molecule has 0 saturated carbocycles. The van der Waals surface area contributed by atoms with Gasteiger partial charge in [0.2, 0.25) is 0 Å². The van der Waals surface area contributed by atoms with Crippen LogP contribution < -0.4 is 0 Å². The van der Waals surface area contributed by atoms with E-state index < -0.39 is 6.10 Å². The summed E-state index contributed by atoms with van der Waals surface area (Å²) in [6.07, 6.45) is 1.63. The van der Waals surface area contributed by atoms with Gasteiger partial charge in [-0.25, -0.2) is 0 Å². The lowest BCUT2D eigenvalue weighted by Gasteiger charge is -2.10. The highest BCUT2D eigenvalue weighted by Crippen LogP contribution is 2.37. The molecule has 4 heteroatoms. The van der Waals surface area contributed by atoms with Crippen LogP contribution in [0.4, 0.5) is 0 Å². The van der Waals surface area contributed by atoms with E-state index in [1.54, 1.807) is 11.3 Å². The van der Waals surface area contributed by atoms with Crippen molar-refractivity contribution in [1.82, 2.24) is 0 Å². The lowest BCUT2D eigenvalue weighted by molar-refractivity contribution is 0.224. The zero-order valence-electron chi connectivity index (χ0n) is 9.99. The quantitative estimate of drug-likeness (QED) is 0.751. The monoisotopic (exact) mass is 388 g/mol. The first-order valence-corrected chi connectivity index (χ1v) is 8.23. The maximum Gasteiger partial charge on any atom is 0.113 e. The van der Waals surface area contributed by atoms with Crippen LogP contribution in [0.2, 0.25) is 0 Å². The smallest absolute Gasteiger partial charge is 0.113 e. The molecular formula is C14H14Br2OS. The Bertz CT molecular complexity index is 517. The van der Waals surface area contributed by atoms with Crippen LogP contribution in [0.1, 0.15) is 35.5 Å². The molecule has 0 saturated heterocycles. The summed E-state index contributed by atoms with van der Waals surface area (Å²) in [6, 6.07) is 10.2. The second-order valence-corrected chi connectivity index (χ2v) is 7.42. The second kappa shape index (κ2) is 6.33. The number of halogens is 2. The minimum absolute atomic E-state index is 0.547. The van der Waals surface area contributed by atoms with Crippen molar-refractivity contribution in [1.29, 1.82) is 0 Å². The lowest BCUT2D eigenvalue weighted by Crippen LogP contribution is -1.98. The standard InChI is InChI=1S/C14H14Br2OS/c1-2-4-9-5-3-6-10(7-9)13(17)12-8-11(15)14(16)18-12/h3,5-8,13,17H,2,4H2,1H3.